The van der Waals surface area contributed by atoms with Crippen LogP contribution in [0, 0.1) is 18.3 Å². The smallest absolute Gasteiger partial charge is 0.243 e. The molecule has 1 aromatic rings. The van der Waals surface area contributed by atoms with Gasteiger partial charge in [0.2, 0.25) is 10.0 Å². The predicted molar refractivity (Wildman–Crippen MR) is 96.3 cm³/mol. The number of benzene rings is 1. The summed E-state index contributed by atoms with van der Waals surface area (Å²) in [5.74, 6) is 0.407. The minimum Gasteiger partial charge on any atom is -0.300 e. The molecule has 1 aliphatic carbocycles. The van der Waals surface area contributed by atoms with Gasteiger partial charge >= 0.3 is 0 Å². The lowest BCUT2D eigenvalue weighted by atomic mass is 9.69. The summed E-state index contributed by atoms with van der Waals surface area (Å²) < 4.78 is 27.7. The minimum absolute atomic E-state index is 0.202. The van der Waals surface area contributed by atoms with Crippen LogP contribution in [0.3, 0.4) is 0 Å². The monoisotopic (exact) mass is 349 g/mol. The van der Waals surface area contributed by atoms with E-state index < -0.39 is 10.0 Å². The third-order valence-corrected chi connectivity index (χ3v) is 6.47. The van der Waals surface area contributed by atoms with Crippen molar-refractivity contribution in [2.45, 2.75) is 45.4 Å². The molecule has 1 saturated carbocycles. The molecule has 0 amide bonds. The highest BCUT2D eigenvalue weighted by molar-refractivity contribution is 7.89. The Morgan fingerprint density at radius 1 is 1.25 bits per heavy atom. The van der Waals surface area contributed by atoms with Gasteiger partial charge in [0.05, 0.1) is 4.90 Å². The van der Waals surface area contributed by atoms with Crippen LogP contribution in [-0.2, 0) is 14.8 Å². The lowest BCUT2D eigenvalue weighted by Crippen LogP contribution is -2.47. The maximum Gasteiger partial charge on any atom is 0.243 e. The van der Waals surface area contributed by atoms with Gasteiger partial charge in [-0.15, -0.1) is 0 Å². The molecule has 0 heterocycles. The molecule has 0 aromatic heterocycles. The Bertz CT molecular complexity index is 724. The predicted octanol–water partition coefficient (Wildman–Crippen LogP) is 3.57. The first-order valence-corrected chi connectivity index (χ1v) is 9.74. The Hall–Kier alpha value is -1.46. The first-order chi connectivity index (χ1) is 11.0. The highest BCUT2D eigenvalue weighted by Gasteiger charge is 2.42. The Balaban J connectivity index is 2.31. The van der Waals surface area contributed by atoms with E-state index in [1.54, 1.807) is 24.3 Å². The molecule has 2 rings (SSSR count). The molecule has 0 saturated heterocycles. The Morgan fingerprint density at radius 2 is 1.79 bits per heavy atom. The van der Waals surface area contributed by atoms with Crippen LogP contribution < -0.4 is 0 Å². The van der Waals surface area contributed by atoms with E-state index >= 15 is 0 Å². The number of rotatable bonds is 7. The van der Waals surface area contributed by atoms with Crippen molar-refractivity contribution in [1.29, 1.82) is 0 Å². The molecule has 4 nitrogen and oxygen atoms in total. The van der Waals surface area contributed by atoms with E-state index in [0.717, 1.165) is 11.1 Å². The molecule has 0 aliphatic heterocycles. The van der Waals surface area contributed by atoms with Crippen LogP contribution >= 0.6 is 0 Å². The van der Waals surface area contributed by atoms with E-state index in [0.29, 0.717) is 24.3 Å². The molecule has 1 aliphatic rings. The second-order valence-electron chi connectivity index (χ2n) is 7.60. The third-order valence-electron chi connectivity index (χ3n) is 4.66. The number of nitrogens with zero attached hydrogens (tertiary/aromatic N) is 1. The number of sulfonamides is 1. The number of hydrogen-bond acceptors (Lipinski definition) is 3. The zero-order valence-corrected chi connectivity index (χ0v) is 15.8. The van der Waals surface area contributed by atoms with Gasteiger partial charge in [-0.1, -0.05) is 50.6 Å². The summed E-state index contributed by atoms with van der Waals surface area (Å²) in [6, 6.07) is 6.89. The molecule has 132 valence electrons. The average molecular weight is 349 g/mol. The molecule has 0 radical (unpaired) electrons. The Labute approximate surface area is 145 Å². The molecule has 1 aromatic carbocycles. The highest BCUT2D eigenvalue weighted by atomic mass is 32.2. The van der Waals surface area contributed by atoms with Gasteiger partial charge in [0.25, 0.3) is 0 Å². The Kier molecular flexibility index (Phi) is 5.35. The highest BCUT2D eigenvalue weighted by Crippen LogP contribution is 2.39. The summed E-state index contributed by atoms with van der Waals surface area (Å²) in [5.41, 5.74) is 1.62. The van der Waals surface area contributed by atoms with Gasteiger partial charge in [-0.25, -0.2) is 8.42 Å². The van der Waals surface area contributed by atoms with Crippen molar-refractivity contribution in [1.82, 2.24) is 4.31 Å². The number of ketones is 1. The molecule has 0 unspecified atom stereocenters. The van der Waals surface area contributed by atoms with Gasteiger partial charge in [0.15, 0.2) is 0 Å². The summed E-state index contributed by atoms with van der Waals surface area (Å²) in [6.07, 6.45) is 0.891. The van der Waals surface area contributed by atoms with Gasteiger partial charge in [0, 0.05) is 25.9 Å². The van der Waals surface area contributed by atoms with Crippen LogP contribution in [0.5, 0.6) is 0 Å². The number of carbonyl (C=O) groups excluding carboxylic acids is 1. The standard InChI is InChI=1S/C19H27NO3S/c1-14(2)16(4)12-20(13-19(5)10-17(21)11-19)24(22,23)18-8-6-15(3)7-9-18/h6-9,14H,4,10-13H2,1-3,5H3. The zero-order chi connectivity index (χ0) is 18.1. The molecular formula is C19H27NO3S. The number of aryl methyl sites for hydroxylation is 1. The first kappa shape index (κ1) is 18.9. The minimum atomic E-state index is -3.61. The molecule has 0 atom stereocenters. The summed E-state index contributed by atoms with van der Waals surface area (Å²) >= 11 is 0. The van der Waals surface area contributed by atoms with Crippen molar-refractivity contribution in [2.75, 3.05) is 13.1 Å². The number of Topliss-reactive ketones (excluding diaryl/α,β-unsaturated/α-hetero) is 1. The average Bonchev–Trinajstić information content (AvgIpc) is 2.45. The number of hydrogen-bond donors (Lipinski definition) is 0. The third kappa shape index (κ3) is 4.14. The second kappa shape index (κ2) is 6.81. The molecule has 24 heavy (non-hydrogen) atoms. The van der Waals surface area contributed by atoms with Gasteiger partial charge in [-0.05, 0) is 30.4 Å². The lowest BCUT2D eigenvalue weighted by Gasteiger charge is -2.40. The van der Waals surface area contributed by atoms with Gasteiger partial charge in [-0.3, -0.25) is 4.79 Å². The molecule has 0 spiro atoms. The van der Waals surface area contributed by atoms with E-state index in [1.807, 2.05) is 27.7 Å². The summed E-state index contributed by atoms with van der Waals surface area (Å²) in [5, 5.41) is 0. The van der Waals surface area contributed by atoms with E-state index in [-0.39, 0.29) is 23.7 Å². The van der Waals surface area contributed by atoms with Crippen LogP contribution in [0.2, 0.25) is 0 Å². The quantitative estimate of drug-likeness (QED) is 0.707. The van der Waals surface area contributed by atoms with Gasteiger partial charge < -0.3 is 0 Å². The maximum atomic E-state index is 13.1. The lowest BCUT2D eigenvalue weighted by molar-refractivity contribution is -0.132. The van der Waals surface area contributed by atoms with E-state index in [4.69, 9.17) is 0 Å². The van der Waals surface area contributed by atoms with E-state index in [1.165, 1.54) is 4.31 Å². The maximum absolute atomic E-state index is 13.1. The second-order valence-corrected chi connectivity index (χ2v) is 9.54. The van der Waals surface area contributed by atoms with Crippen molar-refractivity contribution < 1.29 is 13.2 Å². The van der Waals surface area contributed by atoms with E-state index in [9.17, 15) is 13.2 Å². The van der Waals surface area contributed by atoms with Gasteiger partial charge in [-0.2, -0.15) is 4.31 Å². The van der Waals surface area contributed by atoms with Crippen LogP contribution in [-0.4, -0.2) is 31.6 Å². The number of carbonyl (C=O) groups is 1. The largest absolute Gasteiger partial charge is 0.300 e. The Morgan fingerprint density at radius 3 is 2.25 bits per heavy atom. The topological polar surface area (TPSA) is 54.5 Å². The normalized spacial score (nSPS) is 17.2. The van der Waals surface area contributed by atoms with Crippen LogP contribution in [0.25, 0.3) is 0 Å². The van der Waals surface area contributed by atoms with Gasteiger partial charge in [0.1, 0.15) is 5.78 Å². The summed E-state index contributed by atoms with van der Waals surface area (Å²) in [7, 11) is -3.61. The van der Waals surface area contributed by atoms with Crippen molar-refractivity contribution in [3.8, 4) is 0 Å². The van der Waals surface area contributed by atoms with E-state index in [2.05, 4.69) is 6.58 Å². The summed E-state index contributed by atoms with van der Waals surface area (Å²) in [6.45, 7) is 12.6. The zero-order valence-electron chi connectivity index (χ0n) is 15.0. The molecular weight excluding hydrogens is 322 g/mol. The first-order valence-electron chi connectivity index (χ1n) is 8.30. The molecule has 0 N–H and O–H groups in total. The molecule has 1 fully saturated rings. The molecule has 0 bridgehead atoms. The summed E-state index contributed by atoms with van der Waals surface area (Å²) in [4.78, 5) is 11.7. The van der Waals surface area contributed by atoms with Crippen molar-refractivity contribution >= 4 is 15.8 Å². The van der Waals surface area contributed by atoms with Crippen molar-refractivity contribution in [3.05, 3.63) is 42.0 Å². The fourth-order valence-electron chi connectivity index (χ4n) is 2.93. The van der Waals surface area contributed by atoms with Crippen molar-refractivity contribution in [3.63, 3.8) is 0 Å². The van der Waals surface area contributed by atoms with Crippen LogP contribution in [0.15, 0.2) is 41.3 Å². The molecule has 5 heteroatoms. The van der Waals surface area contributed by atoms with Crippen LogP contribution in [0.1, 0.15) is 39.2 Å². The van der Waals surface area contributed by atoms with Crippen LogP contribution in [0.4, 0.5) is 0 Å². The fourth-order valence-corrected chi connectivity index (χ4v) is 4.53. The SMILES string of the molecule is C=C(CN(CC1(C)CC(=O)C1)S(=O)(=O)c1ccc(C)cc1)C(C)C. The fraction of sp³-hybridized carbons (Fsp3) is 0.526. The van der Waals surface area contributed by atoms with Crippen molar-refractivity contribution in [2.24, 2.45) is 11.3 Å².